The minimum absolute atomic E-state index is 0. The van der Waals surface area contributed by atoms with E-state index in [0.717, 1.165) is 58.3 Å². The Morgan fingerprint density at radius 2 is 2.04 bits per heavy atom. The number of benzene rings is 1. The van der Waals surface area contributed by atoms with Gasteiger partial charge in [0.1, 0.15) is 0 Å². The zero-order chi connectivity index (χ0) is 17.5. The molecule has 1 aromatic rings. The van der Waals surface area contributed by atoms with Gasteiger partial charge in [-0.2, -0.15) is 0 Å². The molecule has 2 fully saturated rings. The average Bonchev–Trinajstić information content (AvgIpc) is 3.31. The highest BCUT2D eigenvalue weighted by Crippen LogP contribution is 2.34. The largest absolute Gasteiger partial charge is 0.381 e. The number of aliphatic imine (C=N–C) groups is 1. The number of nitrogens with zero attached hydrogens (tertiary/aromatic N) is 2. The molecule has 0 aliphatic carbocycles. The van der Waals surface area contributed by atoms with Gasteiger partial charge < -0.3 is 19.7 Å². The zero-order valence-corrected chi connectivity index (χ0v) is 18.2. The molecule has 0 amide bonds. The maximum atomic E-state index is 5.99. The summed E-state index contributed by atoms with van der Waals surface area (Å²) in [6.07, 6.45) is 2.39. The predicted octanol–water partition coefficient (Wildman–Crippen LogP) is 3.32. The van der Waals surface area contributed by atoms with Gasteiger partial charge in [0, 0.05) is 51.7 Å². The lowest BCUT2D eigenvalue weighted by atomic mass is 9.95. The summed E-state index contributed by atoms with van der Waals surface area (Å²) in [5.74, 6) is 2.05. The van der Waals surface area contributed by atoms with Crippen LogP contribution in [0.4, 0.5) is 0 Å². The molecule has 0 spiro atoms. The van der Waals surface area contributed by atoms with Gasteiger partial charge in [0.2, 0.25) is 0 Å². The first-order valence-corrected chi connectivity index (χ1v) is 9.51. The van der Waals surface area contributed by atoms with Gasteiger partial charge in [-0.1, -0.05) is 30.3 Å². The second-order valence-corrected chi connectivity index (χ2v) is 7.06. The van der Waals surface area contributed by atoms with Crippen LogP contribution in [0.5, 0.6) is 0 Å². The maximum Gasteiger partial charge on any atom is 0.193 e. The molecule has 146 valence electrons. The quantitative estimate of drug-likeness (QED) is 0.391. The first kappa shape index (κ1) is 21.4. The Labute approximate surface area is 174 Å². The SMILES string of the molecule is CCNC(=NCC1CCOC1c1ccccc1)N(C)CC1CCOC1.I. The van der Waals surface area contributed by atoms with Crippen LogP contribution in [0.2, 0.25) is 0 Å². The molecule has 2 aliphatic heterocycles. The zero-order valence-electron chi connectivity index (χ0n) is 15.9. The van der Waals surface area contributed by atoms with Gasteiger partial charge in [-0.25, -0.2) is 0 Å². The van der Waals surface area contributed by atoms with Gasteiger partial charge in [0.05, 0.1) is 12.7 Å². The van der Waals surface area contributed by atoms with Gasteiger partial charge in [0.15, 0.2) is 5.96 Å². The average molecular weight is 473 g/mol. The van der Waals surface area contributed by atoms with Crippen LogP contribution >= 0.6 is 24.0 Å². The van der Waals surface area contributed by atoms with Gasteiger partial charge in [0.25, 0.3) is 0 Å². The Balaban J connectivity index is 0.00000243. The van der Waals surface area contributed by atoms with Crippen LogP contribution in [-0.4, -0.2) is 57.4 Å². The third-order valence-corrected chi connectivity index (χ3v) is 5.07. The maximum absolute atomic E-state index is 5.99. The fraction of sp³-hybridized carbons (Fsp3) is 0.650. The van der Waals surface area contributed by atoms with E-state index in [2.05, 4.69) is 54.5 Å². The Morgan fingerprint density at radius 3 is 2.73 bits per heavy atom. The molecule has 0 aromatic heterocycles. The monoisotopic (exact) mass is 473 g/mol. The number of hydrogen-bond donors (Lipinski definition) is 1. The molecule has 0 saturated carbocycles. The molecule has 0 radical (unpaired) electrons. The summed E-state index contributed by atoms with van der Waals surface area (Å²) in [5, 5.41) is 3.43. The third-order valence-electron chi connectivity index (χ3n) is 5.07. The molecule has 1 aromatic carbocycles. The van der Waals surface area contributed by atoms with Crippen molar-refractivity contribution in [3.8, 4) is 0 Å². The van der Waals surface area contributed by atoms with Crippen molar-refractivity contribution >= 4 is 29.9 Å². The summed E-state index contributed by atoms with van der Waals surface area (Å²) >= 11 is 0. The first-order chi connectivity index (χ1) is 12.3. The van der Waals surface area contributed by atoms with Crippen molar-refractivity contribution in [2.24, 2.45) is 16.8 Å². The molecule has 3 atom stereocenters. The Morgan fingerprint density at radius 1 is 1.23 bits per heavy atom. The number of guanidine groups is 1. The van der Waals surface area contributed by atoms with Crippen molar-refractivity contribution in [3.63, 3.8) is 0 Å². The lowest BCUT2D eigenvalue weighted by Gasteiger charge is -2.25. The van der Waals surface area contributed by atoms with Gasteiger partial charge >= 0.3 is 0 Å². The lowest BCUT2D eigenvalue weighted by molar-refractivity contribution is 0.0925. The van der Waals surface area contributed by atoms with Gasteiger partial charge in [-0.15, -0.1) is 24.0 Å². The van der Waals surface area contributed by atoms with Crippen molar-refractivity contribution in [2.45, 2.75) is 25.9 Å². The van der Waals surface area contributed by atoms with Gasteiger partial charge in [-0.05, 0) is 25.3 Å². The summed E-state index contributed by atoms with van der Waals surface area (Å²) < 4.78 is 11.5. The second-order valence-electron chi connectivity index (χ2n) is 7.06. The van der Waals surface area contributed by atoms with Crippen molar-refractivity contribution < 1.29 is 9.47 Å². The minimum atomic E-state index is 0. The van der Waals surface area contributed by atoms with E-state index >= 15 is 0 Å². The van der Waals surface area contributed by atoms with Crippen LogP contribution in [0.15, 0.2) is 35.3 Å². The highest BCUT2D eigenvalue weighted by molar-refractivity contribution is 14.0. The first-order valence-electron chi connectivity index (χ1n) is 9.51. The van der Waals surface area contributed by atoms with E-state index in [1.165, 1.54) is 5.56 Å². The Kier molecular flexibility index (Phi) is 9.15. The van der Waals surface area contributed by atoms with E-state index in [1.54, 1.807) is 0 Å². The molecule has 3 unspecified atom stereocenters. The molecular weight excluding hydrogens is 441 g/mol. The number of nitrogens with one attached hydrogen (secondary N) is 1. The number of ether oxygens (including phenoxy) is 2. The smallest absolute Gasteiger partial charge is 0.193 e. The normalized spacial score (nSPS) is 25.8. The van der Waals surface area contributed by atoms with E-state index in [1.807, 2.05) is 0 Å². The molecule has 1 N–H and O–H groups in total. The molecule has 2 saturated heterocycles. The van der Waals surface area contributed by atoms with Crippen LogP contribution in [0.25, 0.3) is 0 Å². The van der Waals surface area contributed by atoms with Crippen molar-refractivity contribution in [2.75, 3.05) is 46.5 Å². The van der Waals surface area contributed by atoms with E-state index in [4.69, 9.17) is 14.5 Å². The fourth-order valence-corrected chi connectivity index (χ4v) is 3.71. The summed E-state index contributed by atoms with van der Waals surface area (Å²) in [5.41, 5.74) is 1.27. The highest BCUT2D eigenvalue weighted by Gasteiger charge is 2.29. The van der Waals surface area contributed by atoms with Crippen LogP contribution in [0.3, 0.4) is 0 Å². The van der Waals surface area contributed by atoms with Crippen molar-refractivity contribution in [3.05, 3.63) is 35.9 Å². The summed E-state index contributed by atoms with van der Waals surface area (Å²) in [4.78, 5) is 7.17. The second kappa shape index (κ2) is 11.1. The summed E-state index contributed by atoms with van der Waals surface area (Å²) in [6.45, 7) is 7.38. The number of hydrogen-bond acceptors (Lipinski definition) is 3. The standard InChI is InChI=1S/C20H31N3O2.HI/c1-3-21-20(23(2)14-16-9-11-24-15-16)22-13-18-10-12-25-19(18)17-7-5-4-6-8-17;/h4-8,16,18-19H,3,9-15H2,1-2H3,(H,21,22);1H. The van der Waals surface area contributed by atoms with Crippen LogP contribution in [-0.2, 0) is 9.47 Å². The summed E-state index contributed by atoms with van der Waals surface area (Å²) in [6, 6.07) is 10.5. The molecule has 5 nitrogen and oxygen atoms in total. The van der Waals surface area contributed by atoms with Gasteiger partial charge in [-0.3, -0.25) is 4.99 Å². The lowest BCUT2D eigenvalue weighted by Crippen LogP contribution is -2.41. The number of rotatable bonds is 6. The minimum Gasteiger partial charge on any atom is -0.381 e. The molecular formula is C20H32IN3O2. The molecule has 2 aliphatic rings. The molecule has 3 rings (SSSR count). The third kappa shape index (κ3) is 5.82. The van der Waals surface area contributed by atoms with E-state index in [0.29, 0.717) is 11.8 Å². The van der Waals surface area contributed by atoms with E-state index < -0.39 is 0 Å². The fourth-order valence-electron chi connectivity index (χ4n) is 3.71. The van der Waals surface area contributed by atoms with E-state index in [9.17, 15) is 0 Å². The van der Waals surface area contributed by atoms with Crippen molar-refractivity contribution in [1.82, 2.24) is 10.2 Å². The molecule has 0 bridgehead atoms. The Bertz CT molecular complexity index is 549. The van der Waals surface area contributed by atoms with E-state index in [-0.39, 0.29) is 30.1 Å². The van der Waals surface area contributed by atoms with Crippen LogP contribution in [0, 0.1) is 11.8 Å². The highest BCUT2D eigenvalue weighted by atomic mass is 127. The van der Waals surface area contributed by atoms with Crippen LogP contribution in [0.1, 0.15) is 31.4 Å². The molecule has 6 heteroatoms. The Hall–Kier alpha value is -0.860. The molecule has 2 heterocycles. The molecule has 26 heavy (non-hydrogen) atoms. The van der Waals surface area contributed by atoms with Crippen LogP contribution < -0.4 is 5.32 Å². The topological polar surface area (TPSA) is 46.1 Å². The van der Waals surface area contributed by atoms with Crippen molar-refractivity contribution in [1.29, 1.82) is 0 Å². The predicted molar refractivity (Wildman–Crippen MR) is 116 cm³/mol. The number of halogens is 1. The summed E-state index contributed by atoms with van der Waals surface area (Å²) in [7, 11) is 2.12.